The molecule has 1 aromatic carbocycles. The van der Waals surface area contributed by atoms with Gasteiger partial charge in [-0.1, -0.05) is 28.9 Å². The van der Waals surface area contributed by atoms with E-state index in [0.29, 0.717) is 0 Å². The van der Waals surface area contributed by atoms with E-state index in [1.807, 2.05) is 11.3 Å². The second-order valence-corrected chi connectivity index (χ2v) is 6.03. The highest BCUT2D eigenvalue weighted by atomic mass is 79.9. The van der Waals surface area contributed by atoms with Gasteiger partial charge in [-0.25, -0.2) is 0 Å². The molecule has 0 aliphatic heterocycles. The molecule has 0 saturated carbocycles. The zero-order valence-electron chi connectivity index (χ0n) is 10.1. The minimum Gasteiger partial charge on any atom is -0.312 e. The first-order valence-corrected chi connectivity index (χ1v) is 7.37. The molecule has 2 rings (SSSR count). The molecule has 90 valence electrons. The van der Waals surface area contributed by atoms with Crippen LogP contribution in [0.3, 0.4) is 0 Å². The molecule has 1 aromatic heterocycles. The molecule has 1 nitrogen and oxygen atoms in total. The fraction of sp³-hybridized carbons (Fsp3) is 0.286. The summed E-state index contributed by atoms with van der Waals surface area (Å²) >= 11 is 5.40. The highest BCUT2D eigenvalue weighted by Crippen LogP contribution is 2.30. The van der Waals surface area contributed by atoms with Crippen molar-refractivity contribution in [3.05, 3.63) is 45.2 Å². The molecule has 0 unspecified atom stereocenters. The summed E-state index contributed by atoms with van der Waals surface area (Å²) < 4.78 is 1.17. The second kappa shape index (κ2) is 5.80. The maximum Gasteiger partial charge on any atom is 0.0346 e. The van der Waals surface area contributed by atoms with E-state index >= 15 is 0 Å². The predicted molar refractivity (Wildman–Crippen MR) is 79.6 cm³/mol. The van der Waals surface area contributed by atoms with Crippen molar-refractivity contribution in [2.45, 2.75) is 20.4 Å². The summed E-state index contributed by atoms with van der Waals surface area (Å²) in [6.07, 6.45) is 0. The molecule has 0 aliphatic rings. The lowest BCUT2D eigenvalue weighted by molar-refractivity contribution is 0.735. The Morgan fingerprint density at radius 3 is 2.76 bits per heavy atom. The number of aryl methyl sites for hydroxylation is 1. The predicted octanol–water partition coefficient (Wildman–Crippen LogP) is 4.60. The molecule has 1 N–H and O–H groups in total. The molecule has 0 aliphatic carbocycles. The molecule has 0 amide bonds. The highest BCUT2D eigenvalue weighted by Gasteiger charge is 2.04. The van der Waals surface area contributed by atoms with Crippen LogP contribution in [0.4, 0.5) is 0 Å². The molecule has 0 radical (unpaired) electrons. The Hall–Kier alpha value is -0.640. The van der Waals surface area contributed by atoms with Crippen molar-refractivity contribution in [3.8, 4) is 10.4 Å². The topological polar surface area (TPSA) is 12.0 Å². The van der Waals surface area contributed by atoms with Crippen LogP contribution in [0, 0.1) is 6.92 Å². The number of hydrogen-bond donors (Lipinski definition) is 1. The Labute approximate surface area is 115 Å². The standard InChI is InChI=1S/C14H16BrNS/c1-3-16-9-12-5-7-14(17-12)11-4-6-13(15)10(2)8-11/h4-8,16H,3,9H2,1-2H3. The molecule has 0 bridgehead atoms. The van der Waals surface area contributed by atoms with Gasteiger partial charge in [0.15, 0.2) is 0 Å². The third-order valence-corrected chi connectivity index (χ3v) is 4.68. The van der Waals surface area contributed by atoms with Crippen LogP contribution in [0.15, 0.2) is 34.8 Å². The highest BCUT2D eigenvalue weighted by molar-refractivity contribution is 9.10. The number of halogens is 1. The fourth-order valence-electron chi connectivity index (χ4n) is 1.67. The van der Waals surface area contributed by atoms with Crippen molar-refractivity contribution in [1.82, 2.24) is 5.32 Å². The van der Waals surface area contributed by atoms with Crippen LogP contribution in [0.25, 0.3) is 10.4 Å². The summed E-state index contributed by atoms with van der Waals surface area (Å²) in [6, 6.07) is 10.9. The van der Waals surface area contributed by atoms with Crippen molar-refractivity contribution in [3.63, 3.8) is 0 Å². The second-order valence-electron chi connectivity index (χ2n) is 4.01. The lowest BCUT2D eigenvalue weighted by atomic mass is 10.1. The normalized spacial score (nSPS) is 10.8. The van der Waals surface area contributed by atoms with E-state index in [-0.39, 0.29) is 0 Å². The van der Waals surface area contributed by atoms with Crippen molar-refractivity contribution in [2.24, 2.45) is 0 Å². The minimum atomic E-state index is 0.969. The molecule has 1 heterocycles. The van der Waals surface area contributed by atoms with E-state index < -0.39 is 0 Å². The Balaban J connectivity index is 2.21. The number of nitrogens with one attached hydrogen (secondary N) is 1. The Morgan fingerprint density at radius 2 is 2.06 bits per heavy atom. The van der Waals surface area contributed by atoms with Crippen molar-refractivity contribution in [2.75, 3.05) is 6.54 Å². The van der Waals surface area contributed by atoms with Crippen LogP contribution >= 0.6 is 27.3 Å². The Morgan fingerprint density at radius 1 is 1.24 bits per heavy atom. The van der Waals surface area contributed by atoms with Crippen LogP contribution in [-0.4, -0.2) is 6.54 Å². The molecule has 17 heavy (non-hydrogen) atoms. The van der Waals surface area contributed by atoms with Gasteiger partial charge >= 0.3 is 0 Å². The monoisotopic (exact) mass is 309 g/mol. The van der Waals surface area contributed by atoms with Crippen LogP contribution in [0.5, 0.6) is 0 Å². The quantitative estimate of drug-likeness (QED) is 0.870. The first-order chi connectivity index (χ1) is 8.20. The third kappa shape index (κ3) is 3.18. The van der Waals surface area contributed by atoms with Gasteiger partial charge in [0, 0.05) is 20.8 Å². The average molecular weight is 310 g/mol. The van der Waals surface area contributed by atoms with Crippen LogP contribution in [0.2, 0.25) is 0 Å². The summed E-state index contributed by atoms with van der Waals surface area (Å²) in [6.45, 7) is 6.24. The van der Waals surface area contributed by atoms with Crippen molar-refractivity contribution in [1.29, 1.82) is 0 Å². The smallest absolute Gasteiger partial charge is 0.0346 e. The van der Waals surface area contributed by atoms with Crippen LogP contribution < -0.4 is 5.32 Å². The van der Waals surface area contributed by atoms with E-state index in [0.717, 1.165) is 13.1 Å². The van der Waals surface area contributed by atoms with Gasteiger partial charge in [0.1, 0.15) is 0 Å². The summed E-state index contributed by atoms with van der Waals surface area (Å²) in [5.41, 5.74) is 2.59. The van der Waals surface area contributed by atoms with E-state index in [4.69, 9.17) is 0 Å². The molecule has 0 atom stereocenters. The number of benzene rings is 1. The van der Waals surface area contributed by atoms with Crippen molar-refractivity contribution < 1.29 is 0 Å². The van der Waals surface area contributed by atoms with Gasteiger partial charge in [-0.05, 0) is 48.9 Å². The number of hydrogen-bond acceptors (Lipinski definition) is 2. The number of thiophene rings is 1. The van der Waals surface area contributed by atoms with Gasteiger partial charge in [0.25, 0.3) is 0 Å². The zero-order chi connectivity index (χ0) is 12.3. The van der Waals surface area contributed by atoms with E-state index in [2.05, 4.69) is 65.4 Å². The van der Waals surface area contributed by atoms with Gasteiger partial charge in [-0.2, -0.15) is 0 Å². The lowest BCUT2D eigenvalue weighted by Gasteiger charge is -2.02. The van der Waals surface area contributed by atoms with Crippen LogP contribution in [0.1, 0.15) is 17.4 Å². The molecule has 0 saturated heterocycles. The summed E-state index contributed by atoms with van der Waals surface area (Å²) in [4.78, 5) is 2.73. The Kier molecular flexibility index (Phi) is 4.37. The SMILES string of the molecule is CCNCc1ccc(-c2ccc(Br)c(C)c2)s1. The van der Waals surface area contributed by atoms with Crippen LogP contribution in [-0.2, 0) is 6.54 Å². The minimum absolute atomic E-state index is 0.969. The average Bonchev–Trinajstić information content (AvgIpc) is 2.79. The van der Waals surface area contributed by atoms with Gasteiger partial charge in [0.2, 0.25) is 0 Å². The van der Waals surface area contributed by atoms with Crippen molar-refractivity contribution >= 4 is 27.3 Å². The maximum absolute atomic E-state index is 3.53. The molecular formula is C14H16BrNS. The largest absolute Gasteiger partial charge is 0.312 e. The fourth-order valence-corrected chi connectivity index (χ4v) is 2.89. The molecule has 2 aromatic rings. The van der Waals surface area contributed by atoms with Gasteiger partial charge in [-0.3, -0.25) is 0 Å². The van der Waals surface area contributed by atoms with Gasteiger partial charge < -0.3 is 5.32 Å². The lowest BCUT2D eigenvalue weighted by Crippen LogP contribution is -2.10. The zero-order valence-corrected chi connectivity index (χ0v) is 12.5. The third-order valence-electron chi connectivity index (χ3n) is 2.65. The maximum atomic E-state index is 3.53. The summed E-state index contributed by atoms with van der Waals surface area (Å²) in [5, 5.41) is 3.35. The van der Waals surface area contributed by atoms with Gasteiger partial charge in [-0.15, -0.1) is 11.3 Å². The Bertz CT molecular complexity index is 505. The van der Waals surface area contributed by atoms with E-state index in [1.54, 1.807) is 0 Å². The molecular weight excluding hydrogens is 294 g/mol. The molecule has 3 heteroatoms. The molecule has 0 spiro atoms. The number of rotatable bonds is 4. The van der Waals surface area contributed by atoms with Gasteiger partial charge in [0.05, 0.1) is 0 Å². The van der Waals surface area contributed by atoms with E-state index in [1.165, 1.54) is 25.4 Å². The van der Waals surface area contributed by atoms with E-state index in [9.17, 15) is 0 Å². The first-order valence-electron chi connectivity index (χ1n) is 5.76. The molecule has 0 fully saturated rings. The summed E-state index contributed by atoms with van der Waals surface area (Å²) in [7, 11) is 0. The summed E-state index contributed by atoms with van der Waals surface area (Å²) in [5.74, 6) is 0. The first kappa shape index (κ1) is 12.8.